The van der Waals surface area contributed by atoms with E-state index in [0.29, 0.717) is 45.7 Å². The highest BCUT2D eigenvalue weighted by molar-refractivity contribution is 7.99. The second-order valence-corrected chi connectivity index (χ2v) is 13.8. The monoisotopic (exact) mass is 743 g/mol. The molecule has 1 aromatic heterocycles. The van der Waals surface area contributed by atoms with Crippen molar-refractivity contribution >= 4 is 29.3 Å². The summed E-state index contributed by atoms with van der Waals surface area (Å²) in [5.74, 6) is -1.52. The van der Waals surface area contributed by atoms with Crippen molar-refractivity contribution in [2.45, 2.75) is 61.8 Å². The molecule has 9 nitrogen and oxygen atoms in total. The van der Waals surface area contributed by atoms with Gasteiger partial charge in [0.05, 0.1) is 18.8 Å². The van der Waals surface area contributed by atoms with Gasteiger partial charge < -0.3 is 29.2 Å². The van der Waals surface area contributed by atoms with Gasteiger partial charge in [0, 0.05) is 41.1 Å². The van der Waals surface area contributed by atoms with Gasteiger partial charge >= 0.3 is 12.1 Å². The molecule has 5 aromatic rings. The number of amides is 2. The average Bonchev–Trinajstić information content (AvgIpc) is 3.86. The fourth-order valence-electron chi connectivity index (χ4n) is 6.52. The number of aliphatic hydroxyl groups excluding tert-OH is 1. The van der Waals surface area contributed by atoms with Crippen LogP contribution in [0.3, 0.4) is 0 Å². The number of likely N-dealkylation sites (tertiary alicyclic amines) is 1. The zero-order valence-electron chi connectivity index (χ0n) is 28.4. The molecular weight excluding hydrogens is 708 g/mol. The lowest BCUT2D eigenvalue weighted by Gasteiger charge is -2.36. The standard InChI is InChI=1S/C40H36F3N3O6S/c41-40(42,43)38(49)46-21-7-12-32(46)36(48)44-30-19-17-29(18-20-30)37-50-31(22-33(51-37)26-15-13-25(23-47)14-16-26)24-53-39-45-34(27-8-3-1-4-9-27)35(52-39)28-10-5-2-6-11-28/h1-6,8-11,13-20,31-33,37,47H,7,12,21-24H2,(H,44,48). The third kappa shape index (κ3) is 8.49. The average molecular weight is 744 g/mol. The normalized spacial score (nSPS) is 20.3. The first-order valence-electron chi connectivity index (χ1n) is 17.2. The molecule has 0 radical (unpaired) electrons. The van der Waals surface area contributed by atoms with E-state index >= 15 is 0 Å². The third-order valence-electron chi connectivity index (χ3n) is 9.21. The highest BCUT2D eigenvalue weighted by Crippen LogP contribution is 2.41. The molecule has 3 heterocycles. The summed E-state index contributed by atoms with van der Waals surface area (Å²) in [5, 5.41) is 12.7. The fraction of sp³-hybridized carbons (Fsp3) is 0.275. The van der Waals surface area contributed by atoms with Gasteiger partial charge in [0.1, 0.15) is 11.7 Å². The molecule has 2 aliphatic rings. The molecular formula is C40H36F3N3O6S. The minimum absolute atomic E-state index is 0.0802. The van der Waals surface area contributed by atoms with E-state index in [-0.39, 0.29) is 31.8 Å². The van der Waals surface area contributed by atoms with Crippen LogP contribution >= 0.6 is 11.8 Å². The van der Waals surface area contributed by atoms with Crippen LogP contribution in [-0.4, -0.2) is 57.4 Å². The van der Waals surface area contributed by atoms with Crippen LogP contribution < -0.4 is 5.32 Å². The number of oxazole rings is 1. The highest BCUT2D eigenvalue weighted by atomic mass is 32.2. The molecule has 2 N–H and O–H groups in total. The Labute approximate surface area is 308 Å². The van der Waals surface area contributed by atoms with E-state index in [0.717, 1.165) is 27.9 Å². The molecule has 4 unspecified atom stereocenters. The van der Waals surface area contributed by atoms with Crippen LogP contribution in [0.2, 0.25) is 0 Å². The number of thioether (sulfide) groups is 1. The van der Waals surface area contributed by atoms with Crippen LogP contribution in [0, 0.1) is 0 Å². The topological polar surface area (TPSA) is 114 Å². The molecule has 2 fully saturated rings. The van der Waals surface area contributed by atoms with Crippen LogP contribution in [-0.2, 0) is 25.7 Å². The molecule has 2 saturated heterocycles. The van der Waals surface area contributed by atoms with Crippen molar-refractivity contribution < 1.29 is 41.8 Å². The van der Waals surface area contributed by atoms with Gasteiger partial charge in [-0.1, -0.05) is 109 Å². The molecule has 0 aliphatic carbocycles. The van der Waals surface area contributed by atoms with Gasteiger partial charge in [-0.25, -0.2) is 4.98 Å². The van der Waals surface area contributed by atoms with Crippen molar-refractivity contribution in [3.8, 4) is 22.6 Å². The number of aliphatic hydroxyl groups is 1. The number of carbonyl (C=O) groups is 2. The summed E-state index contributed by atoms with van der Waals surface area (Å²) >= 11 is 1.44. The number of rotatable bonds is 10. The van der Waals surface area contributed by atoms with E-state index in [1.165, 1.54) is 11.8 Å². The van der Waals surface area contributed by atoms with Gasteiger partial charge in [-0.15, -0.1) is 0 Å². The largest absolute Gasteiger partial charge is 0.471 e. The van der Waals surface area contributed by atoms with E-state index in [4.69, 9.17) is 18.9 Å². The third-order valence-corrected chi connectivity index (χ3v) is 10.2. The second-order valence-electron chi connectivity index (χ2n) is 12.8. The number of hydrogen-bond acceptors (Lipinski definition) is 8. The molecule has 53 heavy (non-hydrogen) atoms. The Hall–Kier alpha value is -4.95. The van der Waals surface area contributed by atoms with Gasteiger partial charge in [0.15, 0.2) is 12.1 Å². The minimum Gasteiger partial charge on any atom is -0.431 e. The van der Waals surface area contributed by atoms with E-state index < -0.39 is 30.3 Å². The maximum absolute atomic E-state index is 13.1. The second kappa shape index (κ2) is 16.0. The molecule has 0 bridgehead atoms. The molecule has 0 spiro atoms. The molecule has 274 valence electrons. The maximum Gasteiger partial charge on any atom is 0.471 e. The summed E-state index contributed by atoms with van der Waals surface area (Å²) in [7, 11) is 0. The predicted octanol–water partition coefficient (Wildman–Crippen LogP) is 8.33. The van der Waals surface area contributed by atoms with Crippen LogP contribution in [0.4, 0.5) is 18.9 Å². The lowest BCUT2D eigenvalue weighted by atomic mass is 10.0. The van der Waals surface area contributed by atoms with Gasteiger partial charge in [0.25, 0.3) is 5.22 Å². The minimum atomic E-state index is -5.05. The number of nitrogens with one attached hydrogen (secondary N) is 1. The van der Waals surface area contributed by atoms with E-state index in [1.807, 2.05) is 84.9 Å². The molecule has 4 atom stereocenters. The Bertz CT molecular complexity index is 1950. The number of ether oxygens (including phenoxy) is 2. The Morgan fingerprint density at radius 1 is 0.868 bits per heavy atom. The Morgan fingerprint density at radius 2 is 1.53 bits per heavy atom. The first-order valence-corrected chi connectivity index (χ1v) is 18.2. The molecule has 7 rings (SSSR count). The number of halogens is 3. The zero-order chi connectivity index (χ0) is 37.0. The quantitative estimate of drug-likeness (QED) is 0.137. The molecule has 2 amide bonds. The van der Waals surface area contributed by atoms with Gasteiger partial charge in [-0.2, -0.15) is 13.2 Å². The lowest BCUT2D eigenvalue weighted by Crippen LogP contribution is -2.48. The van der Waals surface area contributed by atoms with Crippen LogP contribution in [0.25, 0.3) is 22.6 Å². The molecule has 13 heteroatoms. The van der Waals surface area contributed by atoms with Crippen molar-refractivity contribution in [3.63, 3.8) is 0 Å². The number of nitrogens with zero attached hydrogens (tertiary/aromatic N) is 2. The lowest BCUT2D eigenvalue weighted by molar-refractivity contribution is -0.245. The molecule has 2 aliphatic heterocycles. The van der Waals surface area contributed by atoms with Crippen molar-refractivity contribution in [3.05, 3.63) is 126 Å². The zero-order valence-corrected chi connectivity index (χ0v) is 29.2. The number of alkyl halides is 3. The van der Waals surface area contributed by atoms with Crippen LogP contribution in [0.1, 0.15) is 48.3 Å². The SMILES string of the molecule is O=C(Nc1ccc(C2OC(CSc3nc(-c4ccccc4)c(-c4ccccc4)o3)CC(c3ccc(CO)cc3)O2)cc1)C1CCCN1C(=O)C(F)(F)F. The summed E-state index contributed by atoms with van der Waals surface area (Å²) < 4.78 is 58.6. The molecule has 0 saturated carbocycles. The van der Waals surface area contributed by atoms with E-state index in [9.17, 15) is 27.9 Å². The Morgan fingerprint density at radius 3 is 2.19 bits per heavy atom. The van der Waals surface area contributed by atoms with Crippen molar-refractivity contribution in [1.29, 1.82) is 0 Å². The van der Waals surface area contributed by atoms with Crippen molar-refractivity contribution in [2.75, 3.05) is 17.6 Å². The van der Waals surface area contributed by atoms with Crippen LogP contribution in [0.15, 0.2) is 119 Å². The summed E-state index contributed by atoms with van der Waals surface area (Å²) in [6.07, 6.45) is -5.52. The number of anilines is 1. The summed E-state index contributed by atoms with van der Waals surface area (Å²) in [4.78, 5) is 30.3. The van der Waals surface area contributed by atoms with Gasteiger partial charge in [0.2, 0.25) is 5.91 Å². The highest BCUT2D eigenvalue weighted by Gasteiger charge is 2.47. The number of carbonyl (C=O) groups excluding carboxylic acids is 2. The summed E-state index contributed by atoms with van der Waals surface area (Å²) in [6, 6.07) is 32.7. The van der Waals surface area contributed by atoms with Crippen molar-refractivity contribution in [2.24, 2.45) is 0 Å². The predicted molar refractivity (Wildman–Crippen MR) is 192 cm³/mol. The first kappa shape index (κ1) is 36.4. The number of hydrogen-bond donors (Lipinski definition) is 2. The Balaban J connectivity index is 1.08. The fourth-order valence-corrected chi connectivity index (χ4v) is 7.36. The van der Waals surface area contributed by atoms with Crippen molar-refractivity contribution in [1.82, 2.24) is 9.88 Å². The summed E-state index contributed by atoms with van der Waals surface area (Å²) in [5.41, 5.74) is 5.30. The Kier molecular flexibility index (Phi) is 11.0. The molecule has 4 aromatic carbocycles. The van der Waals surface area contributed by atoms with Gasteiger partial charge in [-0.3, -0.25) is 9.59 Å². The number of aromatic nitrogens is 1. The maximum atomic E-state index is 13.1. The smallest absolute Gasteiger partial charge is 0.431 e. The van der Waals surface area contributed by atoms with Crippen LogP contribution in [0.5, 0.6) is 0 Å². The first-order chi connectivity index (χ1) is 25.7. The van der Waals surface area contributed by atoms with Gasteiger partial charge in [-0.05, 0) is 36.1 Å². The summed E-state index contributed by atoms with van der Waals surface area (Å²) in [6.45, 7) is -0.212. The number of benzene rings is 4. The van der Waals surface area contributed by atoms with E-state index in [1.54, 1.807) is 24.3 Å². The van der Waals surface area contributed by atoms with E-state index in [2.05, 4.69) is 5.32 Å².